The van der Waals surface area contributed by atoms with Gasteiger partial charge in [-0.05, 0) is 18.9 Å². The molecule has 1 saturated carbocycles. The van der Waals surface area contributed by atoms with Gasteiger partial charge >= 0.3 is 0 Å². The maximum atomic E-state index is 5.63. The number of anilines is 1. The normalized spacial score (nSPS) is 14.5. The molecule has 5 nitrogen and oxygen atoms in total. The number of nitrogen functional groups attached to an aromatic ring is 1. The largest absolute Gasteiger partial charge is 0.497 e. The van der Waals surface area contributed by atoms with E-state index < -0.39 is 0 Å². The first kappa shape index (κ1) is 12.0. The van der Waals surface area contributed by atoms with Crippen molar-refractivity contribution in [2.75, 3.05) is 19.6 Å². The molecule has 3 rings (SSSR count). The molecule has 0 aliphatic heterocycles. The van der Waals surface area contributed by atoms with Gasteiger partial charge in [0.05, 0.1) is 30.8 Å². The van der Waals surface area contributed by atoms with E-state index in [-0.39, 0.29) is 0 Å². The number of pyridine rings is 1. The number of fused-ring (bicyclic) bond motifs is 1. The van der Waals surface area contributed by atoms with Gasteiger partial charge in [0.25, 0.3) is 0 Å². The molecule has 0 unspecified atom stereocenters. The fourth-order valence-electron chi connectivity index (χ4n) is 2.31. The number of methoxy groups -OCH3 is 2. The predicted octanol–water partition coefficient (Wildman–Crippen LogP) is 2.42. The van der Waals surface area contributed by atoms with E-state index in [1.807, 2.05) is 18.2 Å². The molecule has 2 aromatic rings. The van der Waals surface area contributed by atoms with Crippen molar-refractivity contribution in [3.8, 4) is 11.5 Å². The van der Waals surface area contributed by atoms with Crippen LogP contribution in [-0.4, -0.2) is 19.2 Å². The molecule has 0 atom stereocenters. The second-order valence-corrected chi connectivity index (χ2v) is 4.74. The number of nitrogens with zero attached hydrogens (tertiary/aromatic N) is 1. The maximum absolute atomic E-state index is 5.63. The molecule has 1 aromatic carbocycles. The summed E-state index contributed by atoms with van der Waals surface area (Å²) in [5, 5.41) is 0.884. The van der Waals surface area contributed by atoms with E-state index in [0.717, 1.165) is 28.0 Å². The summed E-state index contributed by atoms with van der Waals surface area (Å²) in [4.78, 5) is 4.71. The van der Waals surface area contributed by atoms with Crippen LogP contribution in [0.2, 0.25) is 0 Å². The van der Waals surface area contributed by atoms with Crippen LogP contribution in [0.4, 0.5) is 5.69 Å². The van der Waals surface area contributed by atoms with Crippen molar-refractivity contribution < 1.29 is 9.47 Å². The Morgan fingerprint density at radius 1 is 1.21 bits per heavy atom. The number of benzene rings is 1. The molecular weight excluding hydrogens is 242 g/mol. The molecule has 0 bridgehead atoms. The van der Waals surface area contributed by atoms with Gasteiger partial charge in [0, 0.05) is 23.7 Å². The van der Waals surface area contributed by atoms with E-state index in [1.165, 1.54) is 12.8 Å². The summed E-state index contributed by atoms with van der Waals surface area (Å²) >= 11 is 0. The van der Waals surface area contributed by atoms with Gasteiger partial charge in [0.1, 0.15) is 11.5 Å². The van der Waals surface area contributed by atoms with Crippen molar-refractivity contribution in [2.24, 2.45) is 5.84 Å². The summed E-state index contributed by atoms with van der Waals surface area (Å²) in [6.07, 6.45) is 2.40. The molecule has 1 aromatic heterocycles. The third-order valence-electron chi connectivity index (χ3n) is 3.47. The number of nitrogens with one attached hydrogen (secondary N) is 1. The molecule has 1 fully saturated rings. The highest BCUT2D eigenvalue weighted by molar-refractivity contribution is 5.97. The molecular formula is C14H17N3O2. The number of nitrogens with two attached hydrogens (primary N) is 1. The quantitative estimate of drug-likeness (QED) is 0.652. The van der Waals surface area contributed by atoms with Gasteiger partial charge < -0.3 is 14.9 Å². The highest BCUT2D eigenvalue weighted by atomic mass is 16.5. The molecule has 0 amide bonds. The predicted molar refractivity (Wildman–Crippen MR) is 74.6 cm³/mol. The molecule has 19 heavy (non-hydrogen) atoms. The molecule has 0 radical (unpaired) electrons. The number of hydrogen-bond donors (Lipinski definition) is 2. The molecule has 1 aliphatic carbocycles. The monoisotopic (exact) mass is 259 g/mol. The molecule has 100 valence electrons. The standard InChI is InChI=1S/C14H17N3O2/c1-18-9-5-11-14(13(6-9)19-2)12(17-15)7-10(16-11)8-3-4-8/h5-8H,3-4,15H2,1-2H3,(H,16,17). The lowest BCUT2D eigenvalue weighted by Gasteiger charge is -2.13. The van der Waals surface area contributed by atoms with Crippen molar-refractivity contribution in [2.45, 2.75) is 18.8 Å². The third kappa shape index (κ3) is 2.06. The van der Waals surface area contributed by atoms with Crippen LogP contribution in [0.3, 0.4) is 0 Å². The first-order valence-electron chi connectivity index (χ1n) is 6.30. The molecule has 0 saturated heterocycles. The van der Waals surface area contributed by atoms with Crippen LogP contribution in [0.15, 0.2) is 18.2 Å². The molecule has 1 aliphatic rings. The summed E-state index contributed by atoms with van der Waals surface area (Å²) in [5.41, 5.74) is 5.50. The van der Waals surface area contributed by atoms with Crippen molar-refractivity contribution >= 4 is 16.6 Å². The summed E-state index contributed by atoms with van der Waals surface area (Å²) in [6, 6.07) is 5.75. The van der Waals surface area contributed by atoms with Gasteiger partial charge in [-0.25, -0.2) is 0 Å². The highest BCUT2D eigenvalue weighted by Gasteiger charge is 2.26. The zero-order chi connectivity index (χ0) is 13.4. The zero-order valence-electron chi connectivity index (χ0n) is 11.1. The van der Waals surface area contributed by atoms with Crippen LogP contribution >= 0.6 is 0 Å². The van der Waals surface area contributed by atoms with E-state index in [1.54, 1.807) is 14.2 Å². The molecule has 5 heteroatoms. The van der Waals surface area contributed by atoms with E-state index >= 15 is 0 Å². The SMILES string of the molecule is COc1cc(OC)c2c(NN)cc(C3CC3)nc2c1. The first-order chi connectivity index (χ1) is 9.26. The molecule has 1 heterocycles. The summed E-state index contributed by atoms with van der Waals surface area (Å²) in [7, 11) is 3.26. The van der Waals surface area contributed by atoms with Crippen LogP contribution in [-0.2, 0) is 0 Å². The zero-order valence-corrected chi connectivity index (χ0v) is 11.1. The van der Waals surface area contributed by atoms with Crippen LogP contribution in [0.5, 0.6) is 11.5 Å². The van der Waals surface area contributed by atoms with Crippen LogP contribution < -0.4 is 20.7 Å². The molecule has 3 N–H and O–H groups in total. The second kappa shape index (κ2) is 4.59. The van der Waals surface area contributed by atoms with Gasteiger partial charge in [-0.3, -0.25) is 10.8 Å². The topological polar surface area (TPSA) is 69.4 Å². The summed E-state index contributed by atoms with van der Waals surface area (Å²) in [5.74, 6) is 7.63. The average molecular weight is 259 g/mol. The number of hydrogen-bond acceptors (Lipinski definition) is 5. The van der Waals surface area contributed by atoms with E-state index in [9.17, 15) is 0 Å². The Hall–Kier alpha value is -2.01. The highest BCUT2D eigenvalue weighted by Crippen LogP contribution is 2.43. The van der Waals surface area contributed by atoms with Crippen LogP contribution in [0, 0.1) is 0 Å². The van der Waals surface area contributed by atoms with Gasteiger partial charge in [0.2, 0.25) is 0 Å². The fraction of sp³-hybridized carbons (Fsp3) is 0.357. The lowest BCUT2D eigenvalue weighted by atomic mass is 10.1. The van der Waals surface area contributed by atoms with Crippen LogP contribution in [0.25, 0.3) is 10.9 Å². The third-order valence-corrected chi connectivity index (χ3v) is 3.47. The van der Waals surface area contributed by atoms with Crippen molar-refractivity contribution in [1.29, 1.82) is 0 Å². The molecule has 0 spiro atoms. The van der Waals surface area contributed by atoms with E-state index in [2.05, 4.69) is 5.43 Å². The number of aromatic nitrogens is 1. The summed E-state index contributed by atoms with van der Waals surface area (Å²) in [6.45, 7) is 0. The van der Waals surface area contributed by atoms with Gasteiger partial charge in [-0.1, -0.05) is 0 Å². The van der Waals surface area contributed by atoms with Crippen molar-refractivity contribution in [3.05, 3.63) is 23.9 Å². The maximum Gasteiger partial charge on any atom is 0.134 e. The minimum atomic E-state index is 0.564. The van der Waals surface area contributed by atoms with E-state index in [4.69, 9.17) is 20.3 Å². The Morgan fingerprint density at radius 3 is 2.58 bits per heavy atom. The second-order valence-electron chi connectivity index (χ2n) is 4.74. The average Bonchev–Trinajstić information content (AvgIpc) is 3.29. The van der Waals surface area contributed by atoms with Gasteiger partial charge in [0.15, 0.2) is 0 Å². The minimum absolute atomic E-state index is 0.564. The van der Waals surface area contributed by atoms with Crippen molar-refractivity contribution in [3.63, 3.8) is 0 Å². The smallest absolute Gasteiger partial charge is 0.134 e. The lowest BCUT2D eigenvalue weighted by Crippen LogP contribution is -2.09. The number of hydrazine groups is 1. The Balaban J connectivity index is 2.28. The Bertz CT molecular complexity index is 624. The lowest BCUT2D eigenvalue weighted by molar-refractivity contribution is 0.398. The Kier molecular flexibility index (Phi) is 2.91. The Morgan fingerprint density at radius 2 is 2.00 bits per heavy atom. The van der Waals surface area contributed by atoms with Crippen molar-refractivity contribution in [1.82, 2.24) is 4.98 Å². The van der Waals surface area contributed by atoms with Gasteiger partial charge in [-0.2, -0.15) is 0 Å². The number of rotatable bonds is 4. The first-order valence-corrected chi connectivity index (χ1v) is 6.30. The Labute approximate surface area is 111 Å². The minimum Gasteiger partial charge on any atom is -0.497 e. The fourth-order valence-corrected chi connectivity index (χ4v) is 2.31. The van der Waals surface area contributed by atoms with E-state index in [0.29, 0.717) is 11.7 Å². The van der Waals surface area contributed by atoms with Gasteiger partial charge in [-0.15, -0.1) is 0 Å². The summed E-state index contributed by atoms with van der Waals surface area (Å²) < 4.78 is 10.7. The number of ether oxygens (including phenoxy) is 2. The van der Waals surface area contributed by atoms with Crippen LogP contribution in [0.1, 0.15) is 24.5 Å².